The maximum absolute atomic E-state index is 12.5. The van der Waals surface area contributed by atoms with Crippen molar-refractivity contribution in [1.82, 2.24) is 4.90 Å². The average molecular weight is 296 g/mol. The number of hydrogen-bond donors (Lipinski definition) is 1. The highest BCUT2D eigenvalue weighted by molar-refractivity contribution is 5.84. The van der Waals surface area contributed by atoms with Crippen molar-refractivity contribution < 1.29 is 4.79 Å². The molecule has 0 bridgehead atoms. The van der Waals surface area contributed by atoms with E-state index in [1.165, 1.54) is 38.5 Å². The second-order valence-corrected chi connectivity index (χ2v) is 6.72. The summed E-state index contributed by atoms with van der Waals surface area (Å²) in [5.74, 6) is 0.433. The van der Waals surface area contributed by atoms with Crippen LogP contribution in [0.3, 0.4) is 0 Å². The zero-order valence-electron chi connectivity index (χ0n) is 14.4. The van der Waals surface area contributed by atoms with Crippen molar-refractivity contribution in [3.63, 3.8) is 0 Å². The third-order valence-electron chi connectivity index (χ3n) is 4.77. The molecule has 21 heavy (non-hydrogen) atoms. The SMILES string of the molecule is CCCCC(=O)C1C[C@@H](N)CN1C(CCCC)CCCC. The molecule has 0 aromatic rings. The topological polar surface area (TPSA) is 46.3 Å². The van der Waals surface area contributed by atoms with Crippen molar-refractivity contribution in [1.29, 1.82) is 0 Å². The second-order valence-electron chi connectivity index (χ2n) is 6.72. The molecule has 1 unspecified atom stereocenters. The first-order valence-corrected chi connectivity index (χ1v) is 9.17. The van der Waals surface area contributed by atoms with Crippen LogP contribution in [0.1, 0.15) is 85.0 Å². The van der Waals surface area contributed by atoms with Gasteiger partial charge in [0.15, 0.2) is 0 Å². The van der Waals surface area contributed by atoms with Crippen LogP contribution in [-0.2, 0) is 4.79 Å². The lowest BCUT2D eigenvalue weighted by Crippen LogP contribution is -2.43. The zero-order chi connectivity index (χ0) is 15.7. The first-order chi connectivity index (χ1) is 10.1. The molecule has 0 aromatic heterocycles. The first-order valence-electron chi connectivity index (χ1n) is 9.17. The van der Waals surface area contributed by atoms with Gasteiger partial charge in [0, 0.05) is 25.0 Å². The van der Waals surface area contributed by atoms with Crippen LogP contribution in [0.5, 0.6) is 0 Å². The maximum atomic E-state index is 12.5. The van der Waals surface area contributed by atoms with Crippen LogP contribution in [0, 0.1) is 0 Å². The van der Waals surface area contributed by atoms with E-state index < -0.39 is 0 Å². The standard InChI is InChI=1S/C18H36N2O/c1-4-7-10-16(11-8-5-2)20-14-15(19)13-17(20)18(21)12-9-6-3/h15-17H,4-14,19H2,1-3H3/t15-,17?/m1/s1. The van der Waals surface area contributed by atoms with Crippen LogP contribution in [-0.4, -0.2) is 35.4 Å². The van der Waals surface area contributed by atoms with Gasteiger partial charge in [-0.15, -0.1) is 0 Å². The number of rotatable bonds is 11. The zero-order valence-corrected chi connectivity index (χ0v) is 14.4. The Kier molecular flexibility index (Phi) is 9.18. The van der Waals surface area contributed by atoms with E-state index in [4.69, 9.17) is 5.73 Å². The summed E-state index contributed by atoms with van der Waals surface area (Å²) in [6.07, 6.45) is 11.2. The monoisotopic (exact) mass is 296 g/mol. The molecule has 1 aliphatic heterocycles. The highest BCUT2D eigenvalue weighted by Crippen LogP contribution is 2.27. The van der Waals surface area contributed by atoms with Crippen LogP contribution in [0.25, 0.3) is 0 Å². The second kappa shape index (κ2) is 10.3. The molecule has 124 valence electrons. The number of unbranched alkanes of at least 4 members (excludes halogenated alkanes) is 3. The van der Waals surface area contributed by atoms with E-state index in [2.05, 4.69) is 25.7 Å². The number of ketones is 1. The molecular weight excluding hydrogens is 260 g/mol. The van der Waals surface area contributed by atoms with Crippen molar-refractivity contribution in [2.45, 2.75) is 103 Å². The van der Waals surface area contributed by atoms with Gasteiger partial charge in [0.05, 0.1) is 6.04 Å². The minimum Gasteiger partial charge on any atom is -0.326 e. The summed E-state index contributed by atoms with van der Waals surface area (Å²) in [5, 5.41) is 0. The van der Waals surface area contributed by atoms with Crippen LogP contribution in [0.15, 0.2) is 0 Å². The molecule has 0 amide bonds. The third-order valence-corrected chi connectivity index (χ3v) is 4.77. The Labute approximate surface area is 131 Å². The Balaban J connectivity index is 2.68. The Hall–Kier alpha value is -0.410. The fourth-order valence-electron chi connectivity index (χ4n) is 3.49. The number of nitrogens with zero attached hydrogens (tertiary/aromatic N) is 1. The van der Waals surface area contributed by atoms with Crippen molar-refractivity contribution in [3.05, 3.63) is 0 Å². The highest BCUT2D eigenvalue weighted by atomic mass is 16.1. The number of Topliss-reactive ketones (excluding diaryl/α,β-unsaturated/α-hetero) is 1. The van der Waals surface area contributed by atoms with Gasteiger partial charge in [-0.25, -0.2) is 0 Å². The molecule has 3 heteroatoms. The van der Waals surface area contributed by atoms with E-state index in [0.717, 1.165) is 32.2 Å². The molecule has 2 atom stereocenters. The normalized spacial score (nSPS) is 23.1. The van der Waals surface area contributed by atoms with Gasteiger partial charge in [0.25, 0.3) is 0 Å². The van der Waals surface area contributed by atoms with Crippen LogP contribution < -0.4 is 5.73 Å². The van der Waals surface area contributed by atoms with Gasteiger partial charge in [0.2, 0.25) is 0 Å². The fourth-order valence-corrected chi connectivity index (χ4v) is 3.49. The van der Waals surface area contributed by atoms with Gasteiger partial charge in [-0.05, 0) is 25.7 Å². The summed E-state index contributed by atoms with van der Waals surface area (Å²) in [7, 11) is 0. The van der Waals surface area contributed by atoms with E-state index in [1.807, 2.05) is 0 Å². The molecule has 1 aliphatic rings. The molecule has 0 saturated carbocycles. The largest absolute Gasteiger partial charge is 0.326 e. The number of carbonyl (C=O) groups excluding carboxylic acids is 1. The smallest absolute Gasteiger partial charge is 0.150 e. The summed E-state index contributed by atoms with van der Waals surface area (Å²) in [4.78, 5) is 15.0. The molecule has 1 fully saturated rings. The van der Waals surface area contributed by atoms with Gasteiger partial charge in [-0.2, -0.15) is 0 Å². The lowest BCUT2D eigenvalue weighted by molar-refractivity contribution is -0.124. The average Bonchev–Trinajstić information content (AvgIpc) is 2.87. The molecular formula is C18H36N2O. The minimum absolute atomic E-state index is 0.102. The van der Waals surface area contributed by atoms with Crippen LogP contribution >= 0.6 is 0 Å². The Morgan fingerprint density at radius 3 is 2.19 bits per heavy atom. The van der Waals surface area contributed by atoms with Crippen molar-refractivity contribution in [3.8, 4) is 0 Å². The van der Waals surface area contributed by atoms with E-state index in [-0.39, 0.29) is 12.1 Å². The third kappa shape index (κ3) is 6.07. The molecule has 1 rings (SSSR count). The molecule has 2 N–H and O–H groups in total. The van der Waals surface area contributed by atoms with Crippen molar-refractivity contribution in [2.75, 3.05) is 6.54 Å². The molecule has 0 aromatic carbocycles. The molecule has 0 spiro atoms. The van der Waals surface area contributed by atoms with Crippen LogP contribution in [0.2, 0.25) is 0 Å². The number of nitrogens with two attached hydrogens (primary N) is 1. The lowest BCUT2D eigenvalue weighted by atomic mass is 9.98. The lowest BCUT2D eigenvalue weighted by Gasteiger charge is -2.32. The van der Waals surface area contributed by atoms with E-state index in [0.29, 0.717) is 11.8 Å². The first kappa shape index (κ1) is 18.6. The summed E-state index contributed by atoms with van der Waals surface area (Å²) >= 11 is 0. The van der Waals surface area contributed by atoms with Crippen molar-refractivity contribution >= 4 is 5.78 Å². The van der Waals surface area contributed by atoms with Gasteiger partial charge >= 0.3 is 0 Å². The van der Waals surface area contributed by atoms with Crippen LogP contribution in [0.4, 0.5) is 0 Å². The molecule has 1 saturated heterocycles. The van der Waals surface area contributed by atoms with E-state index in [1.54, 1.807) is 0 Å². The summed E-state index contributed by atoms with van der Waals surface area (Å²) in [6.45, 7) is 7.56. The number of carbonyl (C=O) groups is 1. The predicted octanol–water partition coefficient (Wildman–Crippen LogP) is 3.90. The summed E-state index contributed by atoms with van der Waals surface area (Å²) in [6, 6.07) is 0.852. The molecule has 0 radical (unpaired) electrons. The van der Waals surface area contributed by atoms with E-state index in [9.17, 15) is 4.79 Å². The molecule has 1 heterocycles. The van der Waals surface area contributed by atoms with Gasteiger partial charge in [-0.1, -0.05) is 52.9 Å². The van der Waals surface area contributed by atoms with Crippen molar-refractivity contribution in [2.24, 2.45) is 5.73 Å². The summed E-state index contributed by atoms with van der Waals surface area (Å²) in [5.41, 5.74) is 6.18. The fraction of sp³-hybridized carbons (Fsp3) is 0.944. The minimum atomic E-state index is 0.102. The molecule has 0 aliphatic carbocycles. The van der Waals surface area contributed by atoms with E-state index >= 15 is 0 Å². The quantitative estimate of drug-likeness (QED) is 0.629. The Morgan fingerprint density at radius 2 is 1.67 bits per heavy atom. The number of hydrogen-bond acceptors (Lipinski definition) is 3. The molecule has 3 nitrogen and oxygen atoms in total. The maximum Gasteiger partial charge on any atom is 0.150 e. The van der Waals surface area contributed by atoms with Gasteiger partial charge in [0.1, 0.15) is 5.78 Å². The van der Waals surface area contributed by atoms with Gasteiger partial charge in [-0.3, -0.25) is 9.69 Å². The van der Waals surface area contributed by atoms with Gasteiger partial charge < -0.3 is 5.73 Å². The Bertz CT molecular complexity index is 285. The highest BCUT2D eigenvalue weighted by Gasteiger charge is 2.37. The number of likely N-dealkylation sites (tertiary alicyclic amines) is 1. The summed E-state index contributed by atoms with van der Waals surface area (Å²) < 4.78 is 0. The Morgan fingerprint density at radius 1 is 1.10 bits per heavy atom. The predicted molar refractivity (Wildman–Crippen MR) is 90.5 cm³/mol.